The van der Waals surface area contributed by atoms with E-state index in [9.17, 15) is 9.18 Å². The predicted molar refractivity (Wildman–Crippen MR) is 85.2 cm³/mol. The van der Waals surface area contributed by atoms with Crippen LogP contribution in [0.25, 0.3) is 0 Å². The molecule has 1 amide bonds. The Balaban J connectivity index is 2.09. The van der Waals surface area contributed by atoms with Crippen LogP contribution in [0.4, 0.5) is 4.39 Å². The van der Waals surface area contributed by atoms with Gasteiger partial charge in [-0.1, -0.05) is 56.1 Å². The van der Waals surface area contributed by atoms with E-state index in [1.165, 1.54) is 6.07 Å². The van der Waals surface area contributed by atoms with Crippen LogP contribution < -0.4 is 11.1 Å². The lowest BCUT2D eigenvalue weighted by Crippen LogP contribution is -2.48. The minimum atomic E-state index is -0.767. The summed E-state index contributed by atoms with van der Waals surface area (Å²) in [7, 11) is 0. The summed E-state index contributed by atoms with van der Waals surface area (Å²) in [4.78, 5) is 12.9. The van der Waals surface area contributed by atoms with Gasteiger partial charge in [0.15, 0.2) is 0 Å². The van der Waals surface area contributed by atoms with E-state index < -0.39 is 5.41 Å². The van der Waals surface area contributed by atoms with Crippen molar-refractivity contribution in [2.45, 2.75) is 45.1 Å². The molecule has 3 N–H and O–H groups in total. The molecule has 0 saturated heterocycles. The second kappa shape index (κ2) is 6.98. The maximum absolute atomic E-state index is 13.6. The van der Waals surface area contributed by atoms with Crippen LogP contribution in [0.1, 0.15) is 44.1 Å². The topological polar surface area (TPSA) is 55.1 Å². The van der Waals surface area contributed by atoms with Gasteiger partial charge in [0.25, 0.3) is 0 Å². The Morgan fingerprint density at radius 3 is 2.43 bits per heavy atom. The quantitative estimate of drug-likeness (QED) is 0.664. The molecule has 1 aromatic carbocycles. The Hall–Kier alpha value is -1.49. The summed E-state index contributed by atoms with van der Waals surface area (Å²) in [6.07, 6.45) is 5.47. The number of carbonyl (C=O) groups is 1. The minimum Gasteiger partial charge on any atom is -0.392 e. The number of rotatable bonds is 4. The van der Waals surface area contributed by atoms with Gasteiger partial charge in [-0.3, -0.25) is 4.79 Å². The molecule has 0 aromatic heterocycles. The molecule has 21 heavy (non-hydrogen) atoms. The smallest absolute Gasteiger partial charge is 0.233 e. The van der Waals surface area contributed by atoms with Crippen LogP contribution >= 0.6 is 12.2 Å². The number of nitrogens with one attached hydrogen (secondary N) is 1. The zero-order valence-corrected chi connectivity index (χ0v) is 12.8. The van der Waals surface area contributed by atoms with Gasteiger partial charge in [-0.15, -0.1) is 0 Å². The van der Waals surface area contributed by atoms with E-state index in [4.69, 9.17) is 18.0 Å². The zero-order valence-electron chi connectivity index (χ0n) is 12.0. The van der Waals surface area contributed by atoms with E-state index in [0.717, 1.165) is 25.7 Å². The molecule has 1 aromatic rings. The van der Waals surface area contributed by atoms with Crippen molar-refractivity contribution in [3.63, 3.8) is 0 Å². The maximum Gasteiger partial charge on any atom is 0.233 e. The van der Waals surface area contributed by atoms with Crippen molar-refractivity contribution in [1.29, 1.82) is 0 Å². The monoisotopic (exact) mass is 308 g/mol. The van der Waals surface area contributed by atoms with E-state index in [2.05, 4.69) is 5.32 Å². The fraction of sp³-hybridized carbons (Fsp3) is 0.500. The van der Waals surface area contributed by atoms with E-state index >= 15 is 0 Å². The van der Waals surface area contributed by atoms with Crippen LogP contribution in [-0.4, -0.2) is 10.9 Å². The van der Waals surface area contributed by atoms with E-state index in [1.54, 1.807) is 18.2 Å². The average Bonchev–Trinajstić information content (AvgIpc) is 2.73. The molecule has 5 heteroatoms. The molecule has 0 spiro atoms. The molecule has 1 aliphatic carbocycles. The molecular weight excluding hydrogens is 287 g/mol. The standard InChI is InChI=1S/C16H21FN2OS/c17-13-8-4-3-7-12(13)11-19-15(20)16(14(18)21)9-5-1-2-6-10-16/h3-4,7-8H,1-2,5-6,9-11H2,(H2,18,21)(H,19,20). The number of carbonyl (C=O) groups excluding carboxylic acids is 1. The van der Waals surface area contributed by atoms with Crippen molar-refractivity contribution in [2.75, 3.05) is 0 Å². The third-order valence-electron chi connectivity index (χ3n) is 4.26. The Morgan fingerprint density at radius 1 is 1.24 bits per heavy atom. The van der Waals surface area contributed by atoms with Crippen LogP contribution in [0.2, 0.25) is 0 Å². The number of thiocarbonyl (C=S) groups is 1. The third-order valence-corrected chi connectivity index (χ3v) is 4.65. The molecule has 0 radical (unpaired) electrons. The normalized spacial score (nSPS) is 17.8. The molecule has 1 saturated carbocycles. The summed E-state index contributed by atoms with van der Waals surface area (Å²) in [5.74, 6) is -0.483. The van der Waals surface area contributed by atoms with Crippen molar-refractivity contribution < 1.29 is 9.18 Å². The van der Waals surface area contributed by atoms with Gasteiger partial charge >= 0.3 is 0 Å². The van der Waals surface area contributed by atoms with Gasteiger partial charge in [-0.2, -0.15) is 0 Å². The van der Waals surface area contributed by atoms with Crippen LogP contribution in [0.15, 0.2) is 24.3 Å². The number of hydrogen-bond donors (Lipinski definition) is 2. The van der Waals surface area contributed by atoms with Crippen LogP contribution in [-0.2, 0) is 11.3 Å². The molecular formula is C16H21FN2OS. The summed E-state index contributed by atoms with van der Waals surface area (Å²) in [6, 6.07) is 6.43. The molecule has 0 bridgehead atoms. The van der Waals surface area contributed by atoms with Gasteiger partial charge in [0.05, 0.1) is 10.4 Å². The van der Waals surface area contributed by atoms with E-state index in [0.29, 0.717) is 18.4 Å². The highest BCUT2D eigenvalue weighted by Gasteiger charge is 2.41. The molecule has 3 nitrogen and oxygen atoms in total. The zero-order chi connectivity index (χ0) is 15.3. The van der Waals surface area contributed by atoms with Crippen LogP contribution in [0.5, 0.6) is 0 Å². The highest BCUT2D eigenvalue weighted by molar-refractivity contribution is 7.80. The molecule has 2 rings (SSSR count). The second-order valence-electron chi connectivity index (χ2n) is 5.63. The van der Waals surface area contributed by atoms with Crippen molar-refractivity contribution >= 4 is 23.1 Å². The fourth-order valence-corrected chi connectivity index (χ4v) is 3.20. The number of halogens is 1. The molecule has 0 aliphatic heterocycles. The average molecular weight is 308 g/mol. The maximum atomic E-state index is 13.6. The van der Waals surface area contributed by atoms with Gasteiger partial charge in [0, 0.05) is 12.1 Å². The first kappa shape index (κ1) is 15.9. The lowest BCUT2D eigenvalue weighted by molar-refractivity contribution is -0.128. The number of amides is 1. The summed E-state index contributed by atoms with van der Waals surface area (Å²) in [5.41, 5.74) is 5.57. The number of nitrogens with two attached hydrogens (primary N) is 1. The van der Waals surface area contributed by atoms with Gasteiger partial charge in [-0.25, -0.2) is 4.39 Å². The third kappa shape index (κ3) is 3.59. The van der Waals surface area contributed by atoms with Crippen LogP contribution in [0, 0.1) is 11.2 Å². The first-order valence-corrected chi connectivity index (χ1v) is 7.79. The second-order valence-corrected chi connectivity index (χ2v) is 6.07. The number of benzene rings is 1. The highest BCUT2D eigenvalue weighted by atomic mass is 32.1. The van der Waals surface area contributed by atoms with Gasteiger partial charge < -0.3 is 11.1 Å². The Morgan fingerprint density at radius 2 is 1.86 bits per heavy atom. The number of hydrogen-bond acceptors (Lipinski definition) is 2. The SMILES string of the molecule is NC(=S)C1(C(=O)NCc2ccccc2F)CCCCCC1. The molecule has 0 heterocycles. The van der Waals surface area contributed by atoms with Crippen molar-refractivity contribution in [1.82, 2.24) is 5.32 Å². The Bertz CT molecular complexity index is 525. The largest absolute Gasteiger partial charge is 0.392 e. The van der Waals surface area contributed by atoms with Gasteiger partial charge in [0.2, 0.25) is 5.91 Å². The lowest BCUT2D eigenvalue weighted by atomic mass is 9.79. The first-order chi connectivity index (χ1) is 10.1. The molecule has 114 valence electrons. The predicted octanol–water partition coefficient (Wildman–Crippen LogP) is 3.07. The highest BCUT2D eigenvalue weighted by Crippen LogP contribution is 2.35. The van der Waals surface area contributed by atoms with E-state index in [-0.39, 0.29) is 23.3 Å². The minimum absolute atomic E-state index is 0.163. The first-order valence-electron chi connectivity index (χ1n) is 7.38. The summed E-state index contributed by atoms with van der Waals surface area (Å²) >= 11 is 5.16. The van der Waals surface area contributed by atoms with Crippen molar-refractivity contribution in [3.8, 4) is 0 Å². The van der Waals surface area contributed by atoms with Crippen molar-refractivity contribution in [3.05, 3.63) is 35.6 Å². The van der Waals surface area contributed by atoms with Gasteiger partial charge in [0.1, 0.15) is 5.82 Å². The molecule has 1 aliphatic rings. The Kier molecular flexibility index (Phi) is 5.28. The summed E-state index contributed by atoms with van der Waals surface area (Å²) in [5, 5.41) is 2.81. The fourth-order valence-electron chi connectivity index (χ4n) is 2.90. The Labute approximate surface area is 130 Å². The summed E-state index contributed by atoms with van der Waals surface area (Å²) in [6.45, 7) is 0.163. The molecule has 0 atom stereocenters. The van der Waals surface area contributed by atoms with Crippen LogP contribution in [0.3, 0.4) is 0 Å². The summed E-state index contributed by atoms with van der Waals surface area (Å²) < 4.78 is 13.6. The lowest BCUT2D eigenvalue weighted by Gasteiger charge is -2.30. The molecule has 0 unspecified atom stereocenters. The van der Waals surface area contributed by atoms with Crippen molar-refractivity contribution in [2.24, 2.45) is 11.1 Å². The van der Waals surface area contributed by atoms with E-state index in [1.807, 2.05) is 0 Å². The van der Waals surface area contributed by atoms with Gasteiger partial charge in [-0.05, 0) is 18.9 Å². The molecule has 1 fully saturated rings.